The van der Waals surface area contributed by atoms with Gasteiger partial charge in [0, 0.05) is 6.08 Å². The van der Waals surface area contributed by atoms with Crippen LogP contribution in [-0.4, -0.2) is 43.1 Å². The highest BCUT2D eigenvalue weighted by Gasteiger charge is 2.18. The van der Waals surface area contributed by atoms with E-state index in [1.165, 1.54) is 13.0 Å². The number of nitrogens with one attached hydrogen (secondary N) is 2. The summed E-state index contributed by atoms with van der Waals surface area (Å²) in [6.07, 6.45) is 1.96. The van der Waals surface area contributed by atoms with Crippen molar-refractivity contribution in [3.8, 4) is 0 Å². The summed E-state index contributed by atoms with van der Waals surface area (Å²) in [4.78, 5) is 45.8. The Morgan fingerprint density at radius 1 is 1.12 bits per heavy atom. The molecular formula is C17H20N2O6. The third-order valence-corrected chi connectivity index (χ3v) is 2.80. The molecular weight excluding hydrogens is 328 g/mol. The van der Waals surface area contributed by atoms with Gasteiger partial charge in [0.2, 0.25) is 5.91 Å². The second kappa shape index (κ2) is 10.6. The van der Waals surface area contributed by atoms with Crippen LogP contribution in [0.15, 0.2) is 36.4 Å². The number of benzene rings is 1. The highest BCUT2D eigenvalue weighted by molar-refractivity contribution is 5.95. The zero-order valence-corrected chi connectivity index (χ0v) is 14.0. The highest BCUT2D eigenvalue weighted by atomic mass is 16.6. The molecule has 0 aliphatic heterocycles. The normalized spacial score (nSPS) is 11.4. The number of alkyl carbamates (subject to hydrolysis) is 1. The van der Waals surface area contributed by atoms with Crippen LogP contribution in [0, 0.1) is 0 Å². The highest BCUT2D eigenvalue weighted by Crippen LogP contribution is 2.00. The second-order valence-electron chi connectivity index (χ2n) is 4.85. The Morgan fingerprint density at radius 2 is 1.80 bits per heavy atom. The van der Waals surface area contributed by atoms with E-state index < -0.39 is 36.5 Å². The summed E-state index contributed by atoms with van der Waals surface area (Å²) in [7, 11) is 0. The Balaban J connectivity index is 2.36. The fraction of sp³-hybridized carbons (Fsp3) is 0.294. The molecule has 1 aromatic carbocycles. The van der Waals surface area contributed by atoms with E-state index in [0.717, 1.165) is 5.56 Å². The van der Waals surface area contributed by atoms with E-state index in [4.69, 9.17) is 4.74 Å². The molecule has 1 atom stereocenters. The van der Waals surface area contributed by atoms with Crippen molar-refractivity contribution in [2.45, 2.75) is 19.9 Å². The van der Waals surface area contributed by atoms with E-state index in [0.29, 0.717) is 0 Å². The number of esters is 1. The van der Waals surface area contributed by atoms with E-state index >= 15 is 0 Å². The third-order valence-electron chi connectivity index (χ3n) is 2.80. The molecule has 0 aromatic heterocycles. The SMILES string of the molecule is CCOC(=O)NC(=O)COC(=O)[C@H](C)NC(=O)/C=C/c1ccccc1. The van der Waals surface area contributed by atoms with Gasteiger partial charge in [0.25, 0.3) is 5.91 Å². The van der Waals surface area contributed by atoms with Crippen LogP contribution in [0.1, 0.15) is 19.4 Å². The summed E-state index contributed by atoms with van der Waals surface area (Å²) < 4.78 is 9.22. The molecule has 8 heteroatoms. The van der Waals surface area contributed by atoms with E-state index in [9.17, 15) is 19.2 Å². The van der Waals surface area contributed by atoms with Crippen molar-refractivity contribution in [2.24, 2.45) is 0 Å². The van der Waals surface area contributed by atoms with Crippen LogP contribution in [0.25, 0.3) is 6.08 Å². The lowest BCUT2D eigenvalue weighted by molar-refractivity contribution is -0.150. The molecule has 2 N–H and O–H groups in total. The van der Waals surface area contributed by atoms with Gasteiger partial charge in [0.05, 0.1) is 6.61 Å². The van der Waals surface area contributed by atoms with Gasteiger partial charge >= 0.3 is 12.1 Å². The van der Waals surface area contributed by atoms with Crippen LogP contribution in [0.2, 0.25) is 0 Å². The van der Waals surface area contributed by atoms with Gasteiger partial charge in [-0.3, -0.25) is 14.9 Å². The Hall–Kier alpha value is -3.16. The number of imide groups is 1. The van der Waals surface area contributed by atoms with Crippen LogP contribution >= 0.6 is 0 Å². The lowest BCUT2D eigenvalue weighted by Gasteiger charge is -2.12. The minimum Gasteiger partial charge on any atom is -0.454 e. The Kier molecular flexibility index (Phi) is 8.42. The summed E-state index contributed by atoms with van der Waals surface area (Å²) in [6, 6.07) is 8.21. The maximum Gasteiger partial charge on any atom is 0.413 e. The van der Waals surface area contributed by atoms with Gasteiger partial charge in [-0.2, -0.15) is 0 Å². The molecule has 0 radical (unpaired) electrons. The first kappa shape index (κ1) is 19.9. The summed E-state index contributed by atoms with van der Waals surface area (Å²) in [5.41, 5.74) is 0.837. The molecule has 0 aliphatic rings. The molecule has 0 spiro atoms. The van der Waals surface area contributed by atoms with Crippen LogP contribution in [0.3, 0.4) is 0 Å². The van der Waals surface area contributed by atoms with Gasteiger partial charge < -0.3 is 14.8 Å². The first-order valence-corrected chi connectivity index (χ1v) is 7.59. The number of hydrogen-bond acceptors (Lipinski definition) is 6. The third kappa shape index (κ3) is 8.31. The molecule has 1 aromatic rings. The standard InChI is InChI=1S/C17H20N2O6/c1-3-24-17(23)19-15(21)11-25-16(22)12(2)18-14(20)10-9-13-7-5-4-6-8-13/h4-10,12H,3,11H2,1-2H3,(H,18,20)(H,19,21,23)/b10-9+/t12-/m0/s1. The number of rotatable bonds is 7. The Morgan fingerprint density at radius 3 is 2.44 bits per heavy atom. The van der Waals surface area contributed by atoms with Crippen LogP contribution in [0.5, 0.6) is 0 Å². The summed E-state index contributed by atoms with van der Waals surface area (Å²) in [6.45, 7) is 2.46. The number of carbonyl (C=O) groups excluding carboxylic acids is 4. The maximum atomic E-state index is 11.7. The second-order valence-corrected chi connectivity index (χ2v) is 4.85. The van der Waals surface area contributed by atoms with Crippen molar-refractivity contribution in [2.75, 3.05) is 13.2 Å². The van der Waals surface area contributed by atoms with Gasteiger partial charge in [-0.1, -0.05) is 30.3 Å². The van der Waals surface area contributed by atoms with E-state index in [-0.39, 0.29) is 6.61 Å². The fourth-order valence-electron chi connectivity index (χ4n) is 1.64. The molecule has 25 heavy (non-hydrogen) atoms. The smallest absolute Gasteiger partial charge is 0.413 e. The predicted octanol–water partition coefficient (Wildman–Crippen LogP) is 1.02. The number of hydrogen-bond donors (Lipinski definition) is 2. The average Bonchev–Trinajstić information content (AvgIpc) is 2.58. The van der Waals surface area contributed by atoms with E-state index in [2.05, 4.69) is 10.1 Å². The van der Waals surface area contributed by atoms with Gasteiger partial charge in [-0.15, -0.1) is 0 Å². The summed E-state index contributed by atoms with van der Waals surface area (Å²) in [5, 5.41) is 4.29. The first-order valence-electron chi connectivity index (χ1n) is 7.59. The zero-order valence-electron chi connectivity index (χ0n) is 14.0. The minimum atomic E-state index is -0.955. The topological polar surface area (TPSA) is 111 Å². The number of ether oxygens (including phenoxy) is 2. The molecule has 0 unspecified atom stereocenters. The molecule has 0 heterocycles. The number of carbonyl (C=O) groups is 4. The number of amides is 3. The molecule has 0 bridgehead atoms. The van der Waals surface area contributed by atoms with Crippen molar-refractivity contribution < 1.29 is 28.7 Å². The minimum absolute atomic E-state index is 0.110. The van der Waals surface area contributed by atoms with Crippen molar-refractivity contribution in [3.63, 3.8) is 0 Å². The van der Waals surface area contributed by atoms with E-state index in [1.54, 1.807) is 13.0 Å². The Labute approximate surface area is 145 Å². The van der Waals surface area contributed by atoms with Crippen LogP contribution in [0.4, 0.5) is 4.79 Å². The molecule has 1 rings (SSSR count). The molecule has 0 saturated carbocycles. The van der Waals surface area contributed by atoms with E-state index in [1.807, 2.05) is 35.6 Å². The largest absolute Gasteiger partial charge is 0.454 e. The average molecular weight is 348 g/mol. The molecule has 0 saturated heterocycles. The van der Waals surface area contributed by atoms with Gasteiger partial charge in [-0.05, 0) is 25.5 Å². The van der Waals surface area contributed by atoms with Gasteiger partial charge in [0.1, 0.15) is 6.04 Å². The molecule has 8 nitrogen and oxygen atoms in total. The maximum absolute atomic E-state index is 11.7. The van der Waals surface area contributed by atoms with Crippen molar-refractivity contribution in [1.82, 2.24) is 10.6 Å². The van der Waals surface area contributed by atoms with Crippen molar-refractivity contribution in [3.05, 3.63) is 42.0 Å². The van der Waals surface area contributed by atoms with Crippen LogP contribution < -0.4 is 10.6 Å². The van der Waals surface area contributed by atoms with Gasteiger partial charge in [0.15, 0.2) is 6.61 Å². The molecule has 134 valence electrons. The first-order chi connectivity index (χ1) is 11.9. The van der Waals surface area contributed by atoms with Crippen LogP contribution in [-0.2, 0) is 23.9 Å². The molecule has 0 aliphatic carbocycles. The fourth-order valence-corrected chi connectivity index (χ4v) is 1.64. The molecule has 0 fully saturated rings. The monoisotopic (exact) mass is 348 g/mol. The predicted molar refractivity (Wildman–Crippen MR) is 89.2 cm³/mol. The zero-order chi connectivity index (χ0) is 18.7. The lowest BCUT2D eigenvalue weighted by atomic mass is 10.2. The van der Waals surface area contributed by atoms with Crippen molar-refractivity contribution in [1.29, 1.82) is 0 Å². The quantitative estimate of drug-likeness (QED) is 0.562. The van der Waals surface area contributed by atoms with Gasteiger partial charge in [-0.25, -0.2) is 9.59 Å². The molecule has 3 amide bonds. The Bertz CT molecular complexity index is 642. The summed E-state index contributed by atoms with van der Waals surface area (Å²) in [5.74, 6) is -2.11. The lowest BCUT2D eigenvalue weighted by Crippen LogP contribution is -2.41. The van der Waals surface area contributed by atoms with Crippen molar-refractivity contribution >= 4 is 30.0 Å². The summed E-state index contributed by atoms with van der Waals surface area (Å²) >= 11 is 0.